The molecule has 1 N–H and O–H groups in total. The Labute approximate surface area is 76.2 Å². The summed E-state index contributed by atoms with van der Waals surface area (Å²) in [5, 5.41) is 10.3. The van der Waals surface area contributed by atoms with Gasteiger partial charge in [-0.3, -0.25) is 0 Å². The van der Waals surface area contributed by atoms with Gasteiger partial charge in [0.25, 0.3) is 0 Å². The average molecular weight is 170 g/mol. The topological polar surface area (TPSA) is 33.1 Å². The Morgan fingerprint density at radius 1 is 1.31 bits per heavy atom. The van der Waals surface area contributed by atoms with Crippen molar-refractivity contribution in [2.45, 2.75) is 0 Å². The maximum atomic E-state index is 9.58. The van der Waals surface area contributed by atoms with Crippen molar-refractivity contribution in [1.82, 2.24) is 4.98 Å². The second-order valence-corrected chi connectivity index (χ2v) is 2.72. The van der Waals surface area contributed by atoms with E-state index < -0.39 is 0 Å². The summed E-state index contributed by atoms with van der Waals surface area (Å²) in [7, 11) is 0. The largest absolute Gasteiger partial charge is 0.507 e. The number of rotatable bonds is 1. The molecule has 2 nitrogen and oxygen atoms in total. The molecule has 2 heteroatoms. The van der Waals surface area contributed by atoms with Crippen LogP contribution in [0.15, 0.2) is 36.9 Å². The van der Waals surface area contributed by atoms with Crippen molar-refractivity contribution in [3.8, 4) is 5.75 Å². The predicted octanol–water partition coefficient (Wildman–Crippen LogP) is 2.28. The van der Waals surface area contributed by atoms with E-state index in [9.17, 15) is 5.11 Å². The van der Waals surface area contributed by atoms with Crippen LogP contribution in [0.25, 0.3) is 10.9 Å². The summed E-state index contributed by atoms with van der Waals surface area (Å²) in [6.07, 6.45) is 2.64. The van der Waals surface area contributed by atoms with Crippen molar-refractivity contribution in [1.29, 1.82) is 0 Å². The van der Waals surface area contributed by atoms with Crippen LogP contribution in [0.4, 0.5) is 0 Å². The maximum absolute atomic E-state index is 9.58. The summed E-state index contributed by atoms with van der Waals surface area (Å²) in [5.74, 6) is 0.219. The molecule has 0 unspecified atom stereocenters. The number of aromatic nitrogens is 1. The van der Waals surface area contributed by atoms with Crippen molar-refractivity contribution >= 4 is 10.9 Å². The number of nitrogens with zero attached hydrogens (tertiary/aromatic N) is 1. The molecule has 0 atom stereocenters. The third kappa shape index (κ3) is 1.26. The van der Waals surface area contributed by atoms with Crippen molar-refractivity contribution < 1.29 is 5.11 Å². The summed E-state index contributed by atoms with van der Waals surface area (Å²) in [4.78, 5) is 4.22. The maximum Gasteiger partial charge on any atom is 0.127 e. The minimum absolute atomic E-state index is 0.219. The van der Waals surface area contributed by atoms with E-state index in [4.69, 9.17) is 0 Å². The van der Waals surface area contributed by atoms with Gasteiger partial charge >= 0.3 is 0 Å². The van der Waals surface area contributed by atoms with E-state index >= 15 is 0 Å². The van der Waals surface area contributed by atoms with E-state index in [1.54, 1.807) is 6.07 Å². The Kier molecular flexibility index (Phi) is 1.74. The van der Waals surface area contributed by atoms with Gasteiger partial charge in [0.2, 0.25) is 0 Å². The summed E-state index contributed by atoms with van der Waals surface area (Å²) in [5.41, 5.74) is 1.32. The Hall–Kier alpha value is -1.83. The molecule has 2 aromatic rings. The third-order valence-electron chi connectivity index (χ3n) is 1.88. The molecule has 1 heterocycles. The molecule has 0 aliphatic carbocycles. The number of fused-ring (bicyclic) bond motifs is 1. The molecule has 2 rings (SSSR count). The smallest absolute Gasteiger partial charge is 0.127 e. The molecule has 0 amide bonds. The van der Waals surface area contributed by atoms with Crippen LogP contribution in [0.1, 0.15) is 5.69 Å². The number of hydrogen-bond donors (Lipinski definition) is 1. The summed E-state index contributed by atoms with van der Waals surface area (Å²) >= 11 is 0. The van der Waals surface area contributed by atoms with E-state index in [1.165, 1.54) is 0 Å². The SMILES string of the molecule is C=[C]c1cc(O)c2ccccc2n1. The summed E-state index contributed by atoms with van der Waals surface area (Å²) in [6.45, 7) is 3.48. The minimum atomic E-state index is 0.219. The highest BCUT2D eigenvalue weighted by Crippen LogP contribution is 2.23. The Balaban J connectivity index is 2.84. The molecule has 1 aromatic heterocycles. The van der Waals surface area contributed by atoms with Crippen molar-refractivity contribution in [3.63, 3.8) is 0 Å². The fourth-order valence-electron chi connectivity index (χ4n) is 1.25. The van der Waals surface area contributed by atoms with E-state index in [0.717, 1.165) is 10.9 Å². The fraction of sp³-hybridized carbons (Fsp3) is 0. The van der Waals surface area contributed by atoms with E-state index in [-0.39, 0.29) is 5.75 Å². The Bertz CT molecular complexity index is 463. The molecule has 1 aromatic carbocycles. The summed E-state index contributed by atoms with van der Waals surface area (Å²) in [6, 6.07) is 8.96. The van der Waals surface area contributed by atoms with Gasteiger partial charge in [-0.05, 0) is 12.1 Å². The first-order valence-electron chi connectivity index (χ1n) is 3.93. The lowest BCUT2D eigenvalue weighted by molar-refractivity contribution is 0.481. The second kappa shape index (κ2) is 2.90. The van der Waals surface area contributed by atoms with E-state index in [1.807, 2.05) is 24.3 Å². The number of aromatic hydroxyl groups is 1. The molecular formula is C11H8NO. The van der Waals surface area contributed by atoms with Gasteiger partial charge in [-0.1, -0.05) is 18.7 Å². The van der Waals surface area contributed by atoms with Gasteiger partial charge in [-0.15, -0.1) is 0 Å². The lowest BCUT2D eigenvalue weighted by Crippen LogP contribution is -1.84. The molecule has 0 aliphatic rings. The van der Waals surface area contributed by atoms with Crippen molar-refractivity contribution in [2.24, 2.45) is 0 Å². The van der Waals surface area contributed by atoms with Crippen LogP contribution in [0.2, 0.25) is 0 Å². The van der Waals surface area contributed by atoms with Gasteiger partial charge in [0.15, 0.2) is 0 Å². The zero-order chi connectivity index (χ0) is 9.26. The zero-order valence-corrected chi connectivity index (χ0v) is 6.99. The van der Waals surface area contributed by atoms with E-state index in [2.05, 4.69) is 17.6 Å². The monoisotopic (exact) mass is 170 g/mol. The van der Waals surface area contributed by atoms with Crippen molar-refractivity contribution in [3.05, 3.63) is 48.7 Å². The quantitative estimate of drug-likeness (QED) is 0.712. The molecule has 63 valence electrons. The van der Waals surface area contributed by atoms with Crippen LogP contribution in [0.3, 0.4) is 0 Å². The van der Waals surface area contributed by atoms with Gasteiger partial charge in [0.05, 0.1) is 11.2 Å². The standard InChI is InChI=1S/C11H8NO/c1-2-8-7-11(13)9-5-3-4-6-10(9)12-8/h3-7H,1H2,(H,12,13). The number of hydrogen-bond acceptors (Lipinski definition) is 2. The molecule has 1 radical (unpaired) electrons. The lowest BCUT2D eigenvalue weighted by Gasteiger charge is -2.00. The van der Waals surface area contributed by atoms with Crippen LogP contribution < -0.4 is 0 Å². The molecule has 0 aliphatic heterocycles. The van der Waals surface area contributed by atoms with Gasteiger partial charge in [0, 0.05) is 17.5 Å². The molecule has 0 spiro atoms. The fourth-order valence-corrected chi connectivity index (χ4v) is 1.25. The molecular weight excluding hydrogens is 162 g/mol. The molecule has 0 saturated heterocycles. The lowest BCUT2D eigenvalue weighted by atomic mass is 10.2. The van der Waals surface area contributed by atoms with Gasteiger partial charge < -0.3 is 5.11 Å². The second-order valence-electron chi connectivity index (χ2n) is 2.72. The first kappa shape index (κ1) is 7.80. The number of benzene rings is 1. The highest BCUT2D eigenvalue weighted by Gasteiger charge is 2.01. The normalized spacial score (nSPS) is 10.2. The van der Waals surface area contributed by atoms with Gasteiger partial charge in [-0.2, -0.15) is 0 Å². The van der Waals surface area contributed by atoms with Crippen LogP contribution in [0, 0.1) is 6.08 Å². The molecule has 13 heavy (non-hydrogen) atoms. The molecule has 0 fully saturated rings. The number of pyridine rings is 1. The first-order valence-corrected chi connectivity index (χ1v) is 3.93. The highest BCUT2D eigenvalue weighted by atomic mass is 16.3. The molecule has 0 saturated carbocycles. The van der Waals surface area contributed by atoms with Crippen LogP contribution in [-0.2, 0) is 0 Å². The highest BCUT2D eigenvalue weighted by molar-refractivity contribution is 5.84. The van der Waals surface area contributed by atoms with Gasteiger partial charge in [-0.25, -0.2) is 4.98 Å². The predicted molar refractivity (Wildman–Crippen MR) is 51.4 cm³/mol. The Morgan fingerprint density at radius 2 is 2.08 bits per heavy atom. The summed E-state index contributed by atoms with van der Waals surface area (Å²) < 4.78 is 0. The Morgan fingerprint density at radius 3 is 2.85 bits per heavy atom. The van der Waals surface area contributed by atoms with Gasteiger partial charge in [0.1, 0.15) is 5.75 Å². The van der Waals surface area contributed by atoms with Crippen LogP contribution in [0.5, 0.6) is 5.75 Å². The van der Waals surface area contributed by atoms with Crippen molar-refractivity contribution in [2.75, 3.05) is 0 Å². The number of para-hydroxylation sites is 1. The van der Waals surface area contributed by atoms with Crippen LogP contribution >= 0.6 is 0 Å². The first-order chi connectivity index (χ1) is 6.31. The minimum Gasteiger partial charge on any atom is -0.507 e. The van der Waals surface area contributed by atoms with E-state index in [0.29, 0.717) is 5.69 Å². The zero-order valence-electron chi connectivity index (χ0n) is 6.99. The van der Waals surface area contributed by atoms with Crippen LogP contribution in [-0.4, -0.2) is 10.1 Å². The molecule has 0 bridgehead atoms. The third-order valence-corrected chi connectivity index (χ3v) is 1.88. The average Bonchev–Trinajstić information content (AvgIpc) is 2.18.